The van der Waals surface area contributed by atoms with Crippen molar-refractivity contribution in [1.82, 2.24) is 9.97 Å². The molecule has 4 rings (SSSR count). The maximum atomic E-state index is 13.0. The van der Waals surface area contributed by atoms with Gasteiger partial charge in [0.2, 0.25) is 0 Å². The second-order valence-corrected chi connectivity index (χ2v) is 8.48. The van der Waals surface area contributed by atoms with Crippen LogP contribution in [0.5, 0.6) is 0 Å². The lowest BCUT2D eigenvalue weighted by Crippen LogP contribution is -2.35. The van der Waals surface area contributed by atoms with Gasteiger partial charge in [0.15, 0.2) is 10.9 Å². The summed E-state index contributed by atoms with van der Waals surface area (Å²) in [7, 11) is 0. The van der Waals surface area contributed by atoms with E-state index in [0.717, 1.165) is 38.2 Å². The van der Waals surface area contributed by atoms with E-state index in [2.05, 4.69) is 45.2 Å². The van der Waals surface area contributed by atoms with Crippen molar-refractivity contribution in [3.05, 3.63) is 83.8 Å². The molecule has 0 radical (unpaired) electrons. The van der Waals surface area contributed by atoms with E-state index in [4.69, 9.17) is 0 Å². The van der Waals surface area contributed by atoms with E-state index in [1.165, 1.54) is 41.6 Å². The Labute approximate surface area is 180 Å². The molecule has 2 aromatic carbocycles. The quantitative estimate of drug-likeness (QED) is 0.303. The maximum Gasteiger partial charge on any atom is 0.189 e. The van der Waals surface area contributed by atoms with E-state index in [1.54, 1.807) is 6.20 Å². The van der Waals surface area contributed by atoms with Crippen LogP contribution in [0.4, 0.5) is 10.2 Å². The van der Waals surface area contributed by atoms with Crippen LogP contribution in [-0.4, -0.2) is 34.6 Å². The number of thioether (sulfide) groups is 1. The zero-order valence-corrected chi connectivity index (χ0v) is 17.5. The zero-order valence-electron chi connectivity index (χ0n) is 16.7. The Bertz CT molecular complexity index is 973. The molecule has 154 valence electrons. The smallest absolute Gasteiger partial charge is 0.189 e. The molecule has 1 fully saturated rings. The Kier molecular flexibility index (Phi) is 6.74. The summed E-state index contributed by atoms with van der Waals surface area (Å²) in [5.74, 6) is 1.44. The van der Waals surface area contributed by atoms with Gasteiger partial charge >= 0.3 is 0 Å². The molecule has 1 saturated heterocycles. The van der Waals surface area contributed by atoms with Crippen LogP contribution in [-0.2, 0) is 6.42 Å². The normalized spacial score (nSPS) is 14.6. The van der Waals surface area contributed by atoms with Crippen LogP contribution in [0.3, 0.4) is 0 Å². The minimum absolute atomic E-state index is 0.0595. The number of carbonyl (C=O) groups is 1. The summed E-state index contributed by atoms with van der Waals surface area (Å²) in [5, 5.41) is 0.592. The molecule has 0 bridgehead atoms. The molecule has 1 aliphatic rings. The van der Waals surface area contributed by atoms with Gasteiger partial charge in [0, 0.05) is 24.8 Å². The topological polar surface area (TPSA) is 46.1 Å². The number of Topliss-reactive ketones (excluding diaryl/α,β-unsaturated/α-hetero) is 1. The Hall–Kier alpha value is -2.73. The van der Waals surface area contributed by atoms with Gasteiger partial charge < -0.3 is 4.90 Å². The van der Waals surface area contributed by atoms with Crippen LogP contribution in [0.2, 0.25) is 0 Å². The number of nitrogens with zero attached hydrogens (tertiary/aromatic N) is 3. The highest BCUT2D eigenvalue weighted by molar-refractivity contribution is 7.99. The number of rotatable bonds is 7. The number of hydrogen-bond donors (Lipinski definition) is 0. The first kappa shape index (κ1) is 20.5. The predicted molar refractivity (Wildman–Crippen MR) is 119 cm³/mol. The van der Waals surface area contributed by atoms with E-state index in [0.29, 0.717) is 16.6 Å². The molecule has 3 aromatic rings. The lowest BCUT2D eigenvalue weighted by molar-refractivity contribution is 0.102. The van der Waals surface area contributed by atoms with E-state index in [9.17, 15) is 9.18 Å². The number of hydrogen-bond acceptors (Lipinski definition) is 5. The van der Waals surface area contributed by atoms with Crippen molar-refractivity contribution in [1.29, 1.82) is 0 Å². The van der Waals surface area contributed by atoms with Crippen LogP contribution in [0.15, 0.2) is 72.0 Å². The fourth-order valence-electron chi connectivity index (χ4n) is 3.74. The number of anilines is 1. The number of halogens is 1. The summed E-state index contributed by atoms with van der Waals surface area (Å²) < 4.78 is 13.0. The minimum Gasteiger partial charge on any atom is -0.356 e. The zero-order chi connectivity index (χ0) is 20.8. The lowest BCUT2D eigenvalue weighted by atomic mass is 9.90. The summed E-state index contributed by atoms with van der Waals surface area (Å²) in [4.78, 5) is 23.5. The number of carbonyl (C=O) groups excluding carboxylic acids is 1. The number of aromatic nitrogens is 2. The third-order valence-electron chi connectivity index (χ3n) is 5.42. The van der Waals surface area contributed by atoms with Gasteiger partial charge in [-0.1, -0.05) is 42.1 Å². The van der Waals surface area contributed by atoms with Gasteiger partial charge in [0.05, 0.1) is 5.75 Å². The highest BCUT2D eigenvalue weighted by Crippen LogP contribution is 2.26. The van der Waals surface area contributed by atoms with Crippen molar-refractivity contribution in [2.24, 2.45) is 5.92 Å². The van der Waals surface area contributed by atoms with Crippen LogP contribution < -0.4 is 4.90 Å². The molecule has 1 aliphatic heterocycles. The van der Waals surface area contributed by atoms with Gasteiger partial charge in [-0.2, -0.15) is 0 Å². The third-order valence-corrected chi connectivity index (χ3v) is 6.28. The summed E-state index contributed by atoms with van der Waals surface area (Å²) in [6.45, 7) is 1.96. The van der Waals surface area contributed by atoms with Crippen LogP contribution in [0.1, 0.15) is 28.8 Å². The van der Waals surface area contributed by atoms with Gasteiger partial charge in [0.1, 0.15) is 11.6 Å². The van der Waals surface area contributed by atoms with Crippen LogP contribution >= 0.6 is 11.8 Å². The van der Waals surface area contributed by atoms with Gasteiger partial charge in [0.25, 0.3) is 0 Å². The number of piperidine rings is 1. The first-order chi connectivity index (χ1) is 14.7. The third kappa shape index (κ3) is 5.45. The molecule has 0 aliphatic carbocycles. The van der Waals surface area contributed by atoms with E-state index < -0.39 is 0 Å². The molecular weight excluding hydrogens is 397 g/mol. The van der Waals surface area contributed by atoms with Crippen molar-refractivity contribution < 1.29 is 9.18 Å². The standard InChI is InChI=1S/C24H24FN3OS/c25-21-8-6-20(7-9-21)22(29)17-30-24-26-13-10-23(27-24)28-14-11-19(12-15-28)16-18-4-2-1-3-5-18/h1-10,13,19H,11-12,14-17H2. The largest absolute Gasteiger partial charge is 0.356 e. The fraction of sp³-hybridized carbons (Fsp3) is 0.292. The molecular formula is C24H24FN3OS. The first-order valence-electron chi connectivity index (χ1n) is 10.2. The molecule has 6 heteroatoms. The first-order valence-corrected chi connectivity index (χ1v) is 11.2. The number of benzene rings is 2. The minimum atomic E-state index is -0.345. The van der Waals surface area contributed by atoms with E-state index in [1.807, 2.05) is 6.07 Å². The summed E-state index contributed by atoms with van der Waals surface area (Å²) >= 11 is 1.32. The Morgan fingerprint density at radius 2 is 1.77 bits per heavy atom. The van der Waals surface area contributed by atoms with Crippen molar-refractivity contribution in [3.63, 3.8) is 0 Å². The molecule has 0 N–H and O–H groups in total. The second-order valence-electron chi connectivity index (χ2n) is 7.54. The molecule has 0 saturated carbocycles. The fourth-order valence-corrected chi connectivity index (χ4v) is 4.46. The maximum absolute atomic E-state index is 13.0. The van der Waals surface area contributed by atoms with Crippen molar-refractivity contribution in [3.8, 4) is 0 Å². The van der Waals surface area contributed by atoms with Gasteiger partial charge in [-0.05, 0) is 61.1 Å². The van der Waals surface area contributed by atoms with E-state index in [-0.39, 0.29) is 17.4 Å². The lowest BCUT2D eigenvalue weighted by Gasteiger charge is -2.33. The molecule has 0 spiro atoms. The monoisotopic (exact) mass is 421 g/mol. The van der Waals surface area contributed by atoms with E-state index >= 15 is 0 Å². The predicted octanol–water partition coefficient (Wildman–Crippen LogP) is 5.05. The van der Waals surface area contributed by atoms with Crippen molar-refractivity contribution >= 4 is 23.4 Å². The Morgan fingerprint density at radius 3 is 2.50 bits per heavy atom. The number of ketones is 1. The van der Waals surface area contributed by atoms with Gasteiger partial charge in [-0.3, -0.25) is 4.79 Å². The molecule has 0 atom stereocenters. The molecule has 1 aromatic heterocycles. The molecule has 30 heavy (non-hydrogen) atoms. The van der Waals surface area contributed by atoms with Gasteiger partial charge in [-0.15, -0.1) is 0 Å². The molecule has 0 amide bonds. The molecule has 4 nitrogen and oxygen atoms in total. The van der Waals surface area contributed by atoms with Crippen LogP contribution in [0, 0.1) is 11.7 Å². The highest BCUT2D eigenvalue weighted by atomic mass is 32.2. The average molecular weight is 422 g/mol. The highest BCUT2D eigenvalue weighted by Gasteiger charge is 2.21. The Balaban J connectivity index is 1.30. The van der Waals surface area contributed by atoms with Gasteiger partial charge in [-0.25, -0.2) is 14.4 Å². The van der Waals surface area contributed by atoms with Crippen molar-refractivity contribution in [2.45, 2.75) is 24.4 Å². The average Bonchev–Trinajstić information content (AvgIpc) is 2.79. The molecule has 2 heterocycles. The summed E-state index contributed by atoms with van der Waals surface area (Å²) in [6.07, 6.45) is 5.17. The molecule has 0 unspecified atom stereocenters. The second kappa shape index (κ2) is 9.85. The Morgan fingerprint density at radius 1 is 1.03 bits per heavy atom. The van der Waals surface area contributed by atoms with Crippen molar-refractivity contribution in [2.75, 3.05) is 23.7 Å². The SMILES string of the molecule is O=C(CSc1nccc(N2CCC(Cc3ccccc3)CC2)n1)c1ccc(F)cc1. The summed E-state index contributed by atoms with van der Waals surface area (Å²) in [6, 6.07) is 18.2. The van der Waals surface area contributed by atoms with Crippen LogP contribution in [0.25, 0.3) is 0 Å². The summed E-state index contributed by atoms with van der Waals surface area (Å²) in [5.41, 5.74) is 1.91.